The molecule has 2 rings (SSSR count). The highest BCUT2D eigenvalue weighted by atomic mass is 16.7. The van der Waals surface area contributed by atoms with E-state index in [0.717, 1.165) is 30.8 Å². The Labute approximate surface area is 84.2 Å². The molecule has 1 unspecified atom stereocenters. The highest BCUT2D eigenvalue weighted by Crippen LogP contribution is 2.23. The van der Waals surface area contributed by atoms with E-state index in [1.165, 1.54) is 0 Å². The predicted octanol–water partition coefficient (Wildman–Crippen LogP) is 2.84. The molecule has 2 heteroatoms. The van der Waals surface area contributed by atoms with E-state index in [2.05, 4.69) is 6.58 Å². The average molecular weight is 190 g/mol. The minimum atomic E-state index is -0.0731. The van der Waals surface area contributed by atoms with Gasteiger partial charge in [-0.2, -0.15) is 0 Å². The van der Waals surface area contributed by atoms with Crippen molar-refractivity contribution in [3.05, 3.63) is 36.4 Å². The summed E-state index contributed by atoms with van der Waals surface area (Å²) in [5.41, 5.74) is 1.02. The molecule has 1 heterocycles. The lowest BCUT2D eigenvalue weighted by Crippen LogP contribution is -2.14. The van der Waals surface area contributed by atoms with Crippen molar-refractivity contribution in [3.8, 4) is 5.75 Å². The number of benzene rings is 1. The third kappa shape index (κ3) is 1.96. The van der Waals surface area contributed by atoms with Gasteiger partial charge in [0, 0.05) is 12.0 Å². The standard InChI is InChI=1S/C12H14O2/c1-2-10-6-3-4-7-11(10)14-12-8-5-9-13-12/h2-4,6-7,12H,1,5,8-9H2. The van der Waals surface area contributed by atoms with Crippen molar-refractivity contribution in [1.82, 2.24) is 0 Å². The highest BCUT2D eigenvalue weighted by molar-refractivity contribution is 5.55. The van der Waals surface area contributed by atoms with Crippen LogP contribution in [0.2, 0.25) is 0 Å². The summed E-state index contributed by atoms with van der Waals surface area (Å²) in [5.74, 6) is 0.856. The number of para-hydroxylation sites is 1. The summed E-state index contributed by atoms with van der Waals surface area (Å²) in [5, 5.41) is 0. The molecular formula is C12H14O2. The minimum absolute atomic E-state index is 0.0731. The van der Waals surface area contributed by atoms with E-state index in [0.29, 0.717) is 0 Å². The van der Waals surface area contributed by atoms with Crippen LogP contribution in [0.15, 0.2) is 30.8 Å². The Kier molecular flexibility index (Phi) is 2.84. The van der Waals surface area contributed by atoms with Crippen molar-refractivity contribution in [2.75, 3.05) is 6.61 Å². The molecule has 1 aromatic rings. The molecule has 14 heavy (non-hydrogen) atoms. The summed E-state index contributed by atoms with van der Waals surface area (Å²) in [6.07, 6.45) is 3.78. The Morgan fingerprint density at radius 2 is 2.29 bits per heavy atom. The van der Waals surface area contributed by atoms with E-state index >= 15 is 0 Å². The van der Waals surface area contributed by atoms with Crippen molar-refractivity contribution in [1.29, 1.82) is 0 Å². The predicted molar refractivity (Wildman–Crippen MR) is 56.1 cm³/mol. The normalized spacial score (nSPS) is 20.7. The Hall–Kier alpha value is -1.28. The number of hydrogen-bond acceptors (Lipinski definition) is 2. The fourth-order valence-corrected chi connectivity index (χ4v) is 1.54. The zero-order valence-corrected chi connectivity index (χ0v) is 8.11. The van der Waals surface area contributed by atoms with E-state index in [4.69, 9.17) is 9.47 Å². The lowest BCUT2D eigenvalue weighted by atomic mass is 10.2. The van der Waals surface area contributed by atoms with Gasteiger partial charge in [-0.25, -0.2) is 0 Å². The van der Waals surface area contributed by atoms with Crippen LogP contribution in [-0.4, -0.2) is 12.9 Å². The van der Waals surface area contributed by atoms with Crippen molar-refractivity contribution in [2.45, 2.75) is 19.1 Å². The van der Waals surface area contributed by atoms with E-state index in [1.54, 1.807) is 6.08 Å². The van der Waals surface area contributed by atoms with Gasteiger partial charge in [-0.3, -0.25) is 0 Å². The van der Waals surface area contributed by atoms with Gasteiger partial charge in [0.2, 0.25) is 0 Å². The van der Waals surface area contributed by atoms with Gasteiger partial charge in [0.1, 0.15) is 5.75 Å². The highest BCUT2D eigenvalue weighted by Gasteiger charge is 2.17. The summed E-state index contributed by atoms with van der Waals surface area (Å²) >= 11 is 0. The molecule has 0 aromatic heterocycles. The van der Waals surface area contributed by atoms with Crippen LogP contribution in [0.3, 0.4) is 0 Å². The molecular weight excluding hydrogens is 176 g/mol. The van der Waals surface area contributed by atoms with E-state index < -0.39 is 0 Å². The molecule has 2 nitrogen and oxygen atoms in total. The fraction of sp³-hybridized carbons (Fsp3) is 0.333. The first kappa shape index (κ1) is 9.28. The molecule has 0 amide bonds. The van der Waals surface area contributed by atoms with Gasteiger partial charge in [-0.15, -0.1) is 0 Å². The molecule has 0 radical (unpaired) electrons. The molecule has 1 aliphatic rings. The maximum absolute atomic E-state index is 5.70. The maximum Gasteiger partial charge on any atom is 0.199 e. The third-order valence-corrected chi connectivity index (χ3v) is 2.29. The second kappa shape index (κ2) is 4.29. The van der Waals surface area contributed by atoms with Crippen LogP contribution >= 0.6 is 0 Å². The first-order valence-electron chi connectivity index (χ1n) is 4.90. The average Bonchev–Trinajstić information content (AvgIpc) is 2.71. The van der Waals surface area contributed by atoms with Crippen LogP contribution in [-0.2, 0) is 4.74 Å². The molecule has 0 saturated carbocycles. The van der Waals surface area contributed by atoms with Crippen LogP contribution in [0.5, 0.6) is 5.75 Å². The lowest BCUT2D eigenvalue weighted by molar-refractivity contribution is -0.0391. The fourth-order valence-electron chi connectivity index (χ4n) is 1.54. The number of ether oxygens (including phenoxy) is 2. The van der Waals surface area contributed by atoms with Crippen LogP contribution in [0, 0.1) is 0 Å². The maximum atomic E-state index is 5.70. The van der Waals surface area contributed by atoms with E-state index in [1.807, 2.05) is 24.3 Å². The topological polar surface area (TPSA) is 18.5 Å². The van der Waals surface area contributed by atoms with Gasteiger partial charge in [0.25, 0.3) is 0 Å². The Balaban J connectivity index is 2.10. The molecule has 0 bridgehead atoms. The molecule has 0 aliphatic carbocycles. The molecule has 1 fully saturated rings. The zero-order chi connectivity index (χ0) is 9.80. The Bertz CT molecular complexity index is 314. The van der Waals surface area contributed by atoms with Crippen LogP contribution in [0.1, 0.15) is 18.4 Å². The van der Waals surface area contributed by atoms with Gasteiger partial charge >= 0.3 is 0 Å². The molecule has 1 aromatic carbocycles. The Morgan fingerprint density at radius 1 is 1.43 bits per heavy atom. The van der Waals surface area contributed by atoms with E-state index in [-0.39, 0.29) is 6.29 Å². The van der Waals surface area contributed by atoms with Gasteiger partial charge in [0.05, 0.1) is 6.61 Å². The first-order chi connectivity index (χ1) is 6.90. The number of rotatable bonds is 3. The summed E-state index contributed by atoms with van der Waals surface area (Å²) in [4.78, 5) is 0. The van der Waals surface area contributed by atoms with Gasteiger partial charge < -0.3 is 9.47 Å². The zero-order valence-electron chi connectivity index (χ0n) is 8.11. The van der Waals surface area contributed by atoms with Gasteiger partial charge in [-0.1, -0.05) is 30.9 Å². The smallest absolute Gasteiger partial charge is 0.199 e. The first-order valence-corrected chi connectivity index (χ1v) is 4.90. The van der Waals surface area contributed by atoms with Crippen molar-refractivity contribution >= 4 is 6.08 Å². The lowest BCUT2D eigenvalue weighted by Gasteiger charge is -2.14. The van der Waals surface area contributed by atoms with Crippen LogP contribution in [0.25, 0.3) is 6.08 Å². The van der Waals surface area contributed by atoms with Crippen molar-refractivity contribution < 1.29 is 9.47 Å². The molecule has 0 N–H and O–H groups in total. The van der Waals surface area contributed by atoms with Gasteiger partial charge in [0.15, 0.2) is 6.29 Å². The molecule has 1 atom stereocenters. The summed E-state index contributed by atoms with van der Waals surface area (Å²) in [6, 6.07) is 7.85. The quantitative estimate of drug-likeness (QED) is 0.729. The Morgan fingerprint density at radius 3 is 3.00 bits per heavy atom. The molecule has 1 aliphatic heterocycles. The number of hydrogen-bond donors (Lipinski definition) is 0. The van der Waals surface area contributed by atoms with Gasteiger partial charge in [-0.05, 0) is 12.5 Å². The molecule has 1 saturated heterocycles. The van der Waals surface area contributed by atoms with Crippen LogP contribution < -0.4 is 4.74 Å². The van der Waals surface area contributed by atoms with E-state index in [9.17, 15) is 0 Å². The monoisotopic (exact) mass is 190 g/mol. The summed E-state index contributed by atoms with van der Waals surface area (Å²) in [6.45, 7) is 4.55. The van der Waals surface area contributed by atoms with Crippen molar-refractivity contribution in [3.63, 3.8) is 0 Å². The molecule has 0 spiro atoms. The summed E-state index contributed by atoms with van der Waals surface area (Å²) in [7, 11) is 0. The second-order valence-electron chi connectivity index (χ2n) is 3.30. The second-order valence-corrected chi connectivity index (χ2v) is 3.30. The van der Waals surface area contributed by atoms with Crippen LogP contribution in [0.4, 0.5) is 0 Å². The largest absolute Gasteiger partial charge is 0.464 e. The third-order valence-electron chi connectivity index (χ3n) is 2.29. The SMILES string of the molecule is C=Cc1ccccc1OC1CCCO1. The summed E-state index contributed by atoms with van der Waals surface area (Å²) < 4.78 is 11.1. The molecule has 74 valence electrons. The van der Waals surface area contributed by atoms with Crippen molar-refractivity contribution in [2.24, 2.45) is 0 Å². The minimum Gasteiger partial charge on any atom is -0.464 e.